The van der Waals surface area contributed by atoms with Gasteiger partial charge in [-0.3, -0.25) is 0 Å². The van der Waals surface area contributed by atoms with E-state index in [0.29, 0.717) is 0 Å². The summed E-state index contributed by atoms with van der Waals surface area (Å²) in [4.78, 5) is 0. The average Bonchev–Trinajstić information content (AvgIpc) is 1.87. The highest BCUT2D eigenvalue weighted by atomic mass is 19.1. The van der Waals surface area contributed by atoms with Crippen LogP contribution >= 0.6 is 0 Å². The highest BCUT2D eigenvalue weighted by Gasteiger charge is 2.10. The second-order valence-corrected chi connectivity index (χ2v) is 1.69. The first kappa shape index (κ1) is 8.21. The van der Waals surface area contributed by atoms with Crippen LogP contribution in [0.25, 0.3) is 0 Å². The van der Waals surface area contributed by atoms with Crippen molar-refractivity contribution in [1.82, 2.24) is 0 Å². The first-order chi connectivity index (χ1) is 4.22. The lowest BCUT2D eigenvalue weighted by Gasteiger charge is -2.11. The topological polar surface area (TPSA) is 9.23 Å². The van der Waals surface area contributed by atoms with E-state index in [9.17, 15) is 4.39 Å². The molecule has 0 aliphatic heterocycles. The molecule has 0 fully saturated rings. The molecule has 0 saturated carbocycles. The van der Waals surface area contributed by atoms with Crippen LogP contribution < -0.4 is 0 Å². The van der Waals surface area contributed by atoms with Crippen LogP contribution in [0, 0.1) is 0 Å². The highest BCUT2D eigenvalue weighted by molar-refractivity contribution is 4.84. The molecule has 1 nitrogen and oxygen atoms in total. The van der Waals surface area contributed by atoms with Gasteiger partial charge >= 0.3 is 0 Å². The molecule has 0 amide bonds. The largest absolute Gasteiger partial charge is 0.496 e. The van der Waals surface area contributed by atoms with Gasteiger partial charge in [-0.15, -0.1) is 6.58 Å². The Morgan fingerprint density at radius 3 is 2.44 bits per heavy atom. The van der Waals surface area contributed by atoms with E-state index in [1.54, 1.807) is 6.92 Å². The van der Waals surface area contributed by atoms with E-state index in [2.05, 4.69) is 13.2 Å². The quantitative estimate of drug-likeness (QED) is 0.418. The number of halogens is 1. The van der Waals surface area contributed by atoms with Crippen LogP contribution in [0.2, 0.25) is 0 Å². The van der Waals surface area contributed by atoms with Gasteiger partial charge in [0.2, 0.25) is 0 Å². The Labute approximate surface area is 54.8 Å². The maximum Gasteiger partial charge on any atom is 0.154 e. The molecule has 0 radical (unpaired) electrons. The SMILES string of the molecule is C=COC(C)C(F)C=C. The second kappa shape index (κ2) is 4.13. The molecular formula is C7H11FO. The lowest BCUT2D eigenvalue weighted by atomic mass is 10.2. The molecule has 9 heavy (non-hydrogen) atoms. The van der Waals surface area contributed by atoms with Crippen molar-refractivity contribution in [3.63, 3.8) is 0 Å². The van der Waals surface area contributed by atoms with E-state index < -0.39 is 12.3 Å². The first-order valence-corrected chi connectivity index (χ1v) is 2.75. The van der Waals surface area contributed by atoms with Gasteiger partial charge < -0.3 is 4.74 Å². The third-order valence-electron chi connectivity index (χ3n) is 0.984. The lowest BCUT2D eigenvalue weighted by molar-refractivity contribution is 0.0990. The highest BCUT2D eigenvalue weighted by Crippen LogP contribution is 2.03. The van der Waals surface area contributed by atoms with Gasteiger partial charge in [0.15, 0.2) is 6.17 Å². The molecule has 52 valence electrons. The van der Waals surface area contributed by atoms with Gasteiger partial charge in [-0.05, 0) is 6.92 Å². The molecule has 0 aromatic heterocycles. The zero-order valence-electron chi connectivity index (χ0n) is 5.51. The fraction of sp³-hybridized carbons (Fsp3) is 0.429. The van der Waals surface area contributed by atoms with Crippen molar-refractivity contribution in [3.8, 4) is 0 Å². The van der Waals surface area contributed by atoms with Crippen LogP contribution in [-0.2, 0) is 4.74 Å². The Bertz CT molecular complexity index is 101. The predicted octanol–water partition coefficient (Wildman–Crippen LogP) is 2.06. The molecule has 2 atom stereocenters. The van der Waals surface area contributed by atoms with Gasteiger partial charge in [-0.1, -0.05) is 12.7 Å². The van der Waals surface area contributed by atoms with Crippen LogP contribution in [0.4, 0.5) is 4.39 Å². The number of rotatable bonds is 4. The van der Waals surface area contributed by atoms with Crippen LogP contribution in [0.15, 0.2) is 25.5 Å². The van der Waals surface area contributed by atoms with Crippen LogP contribution in [0.1, 0.15) is 6.92 Å². The van der Waals surface area contributed by atoms with Crippen LogP contribution in [-0.4, -0.2) is 12.3 Å². The Balaban J connectivity index is 3.56. The molecule has 0 saturated heterocycles. The van der Waals surface area contributed by atoms with Gasteiger partial charge in [0.25, 0.3) is 0 Å². The van der Waals surface area contributed by atoms with E-state index in [1.165, 1.54) is 12.3 Å². The summed E-state index contributed by atoms with van der Waals surface area (Å²) in [6.07, 6.45) is 0.845. The molecule has 0 aromatic rings. The monoisotopic (exact) mass is 130 g/mol. The smallest absolute Gasteiger partial charge is 0.154 e. The van der Waals surface area contributed by atoms with Crippen molar-refractivity contribution in [1.29, 1.82) is 0 Å². The zero-order valence-corrected chi connectivity index (χ0v) is 5.51. The van der Waals surface area contributed by atoms with E-state index in [-0.39, 0.29) is 0 Å². The standard InChI is InChI=1S/C7H11FO/c1-4-7(8)6(3)9-5-2/h4-7H,1-2H2,3H3. The number of hydrogen-bond acceptors (Lipinski definition) is 1. The fourth-order valence-corrected chi connectivity index (χ4v) is 0.418. The van der Waals surface area contributed by atoms with Crippen molar-refractivity contribution in [2.24, 2.45) is 0 Å². The Kier molecular flexibility index (Phi) is 3.76. The summed E-state index contributed by atoms with van der Waals surface area (Å²) >= 11 is 0. The van der Waals surface area contributed by atoms with Crippen LogP contribution in [0.3, 0.4) is 0 Å². The summed E-state index contributed by atoms with van der Waals surface area (Å²) in [5.74, 6) is 0. The number of ether oxygens (including phenoxy) is 1. The minimum atomic E-state index is -1.11. The second-order valence-electron chi connectivity index (χ2n) is 1.69. The van der Waals surface area contributed by atoms with E-state index >= 15 is 0 Å². The van der Waals surface area contributed by atoms with E-state index in [0.717, 1.165) is 0 Å². The molecule has 0 spiro atoms. The maximum absolute atomic E-state index is 12.4. The van der Waals surface area contributed by atoms with Gasteiger partial charge in [-0.2, -0.15) is 0 Å². The minimum absolute atomic E-state index is 0.472. The Morgan fingerprint density at radius 2 is 2.11 bits per heavy atom. The van der Waals surface area contributed by atoms with E-state index in [4.69, 9.17) is 4.74 Å². The predicted molar refractivity (Wildman–Crippen MR) is 35.8 cm³/mol. The normalized spacial score (nSPS) is 15.8. The fourth-order valence-electron chi connectivity index (χ4n) is 0.418. The molecule has 2 unspecified atom stereocenters. The third kappa shape index (κ3) is 2.90. The van der Waals surface area contributed by atoms with Crippen molar-refractivity contribution in [2.45, 2.75) is 19.2 Å². The summed E-state index contributed by atoms with van der Waals surface area (Å²) in [6, 6.07) is 0. The molecule has 0 aliphatic rings. The summed E-state index contributed by atoms with van der Waals surface area (Å²) in [7, 11) is 0. The van der Waals surface area contributed by atoms with Gasteiger partial charge in [-0.25, -0.2) is 4.39 Å². The van der Waals surface area contributed by atoms with Crippen molar-refractivity contribution < 1.29 is 9.13 Å². The van der Waals surface area contributed by atoms with Gasteiger partial charge in [0.1, 0.15) is 6.10 Å². The van der Waals surface area contributed by atoms with Gasteiger partial charge in [0, 0.05) is 0 Å². The Morgan fingerprint density at radius 1 is 1.56 bits per heavy atom. The molecule has 0 aromatic carbocycles. The molecule has 0 rings (SSSR count). The first-order valence-electron chi connectivity index (χ1n) is 2.75. The number of hydrogen-bond donors (Lipinski definition) is 0. The molecule has 0 aliphatic carbocycles. The Hall–Kier alpha value is -0.790. The minimum Gasteiger partial charge on any atom is -0.496 e. The van der Waals surface area contributed by atoms with Crippen molar-refractivity contribution in [2.75, 3.05) is 0 Å². The van der Waals surface area contributed by atoms with Crippen molar-refractivity contribution in [3.05, 3.63) is 25.5 Å². The van der Waals surface area contributed by atoms with Crippen LogP contribution in [0.5, 0.6) is 0 Å². The summed E-state index contributed by atoms with van der Waals surface area (Å²) < 4.78 is 17.1. The van der Waals surface area contributed by atoms with Crippen molar-refractivity contribution >= 4 is 0 Å². The molecule has 2 heteroatoms. The summed E-state index contributed by atoms with van der Waals surface area (Å²) in [5, 5.41) is 0. The molecular weight excluding hydrogens is 119 g/mol. The third-order valence-corrected chi connectivity index (χ3v) is 0.984. The maximum atomic E-state index is 12.4. The summed E-state index contributed by atoms with van der Waals surface area (Å²) in [6.45, 7) is 8.19. The van der Waals surface area contributed by atoms with E-state index in [1.807, 2.05) is 0 Å². The molecule has 0 heterocycles. The zero-order chi connectivity index (χ0) is 7.28. The number of alkyl halides is 1. The summed E-state index contributed by atoms with van der Waals surface area (Å²) in [5.41, 5.74) is 0. The molecule has 0 bridgehead atoms. The lowest BCUT2D eigenvalue weighted by Crippen LogP contribution is -2.16. The molecule has 0 N–H and O–H groups in total. The average molecular weight is 130 g/mol. The van der Waals surface area contributed by atoms with Gasteiger partial charge in [0.05, 0.1) is 6.26 Å².